The number of halogens is 1. The first-order chi connectivity index (χ1) is 13.4. The van der Waals surface area contributed by atoms with Crippen molar-refractivity contribution in [3.05, 3.63) is 52.5 Å². The number of hydrogen-bond donors (Lipinski definition) is 2. The largest absolute Gasteiger partial charge is 0.492 e. The Hall–Kier alpha value is -2.12. The minimum Gasteiger partial charge on any atom is -0.492 e. The van der Waals surface area contributed by atoms with Crippen molar-refractivity contribution in [1.29, 1.82) is 0 Å². The van der Waals surface area contributed by atoms with Crippen molar-refractivity contribution in [2.45, 2.75) is 27.2 Å². The quantitative estimate of drug-likeness (QED) is 0.512. The third-order valence-electron chi connectivity index (χ3n) is 3.59. The SMILES string of the molecule is CCCOc1ccc(C(=O)NC(=S)Nc2ccccc2OCC(C)C)cc1Br. The molecule has 0 spiro atoms. The molecule has 0 saturated heterocycles. The van der Waals surface area contributed by atoms with E-state index in [0.29, 0.717) is 41.9 Å². The summed E-state index contributed by atoms with van der Waals surface area (Å²) in [5.74, 6) is 1.49. The first kappa shape index (κ1) is 22.2. The third kappa shape index (κ3) is 6.80. The Kier molecular flexibility index (Phi) is 8.73. The van der Waals surface area contributed by atoms with Crippen molar-refractivity contribution in [3.8, 4) is 11.5 Å². The number of benzene rings is 2. The molecule has 2 rings (SSSR count). The van der Waals surface area contributed by atoms with Crippen LogP contribution in [0, 0.1) is 5.92 Å². The molecular formula is C21H25BrN2O3S. The summed E-state index contributed by atoms with van der Waals surface area (Å²) >= 11 is 8.72. The number of rotatable bonds is 8. The van der Waals surface area contributed by atoms with Gasteiger partial charge in [-0.2, -0.15) is 0 Å². The number of hydrogen-bond acceptors (Lipinski definition) is 4. The van der Waals surface area contributed by atoms with Gasteiger partial charge >= 0.3 is 0 Å². The van der Waals surface area contributed by atoms with Crippen molar-refractivity contribution < 1.29 is 14.3 Å². The van der Waals surface area contributed by atoms with E-state index in [0.717, 1.165) is 10.9 Å². The Morgan fingerprint density at radius 1 is 1.14 bits per heavy atom. The van der Waals surface area contributed by atoms with Crippen molar-refractivity contribution >= 4 is 44.9 Å². The van der Waals surface area contributed by atoms with E-state index in [1.54, 1.807) is 18.2 Å². The van der Waals surface area contributed by atoms with Gasteiger partial charge in [0.05, 0.1) is 23.4 Å². The van der Waals surface area contributed by atoms with Gasteiger partial charge in [-0.3, -0.25) is 10.1 Å². The van der Waals surface area contributed by atoms with E-state index in [-0.39, 0.29) is 11.0 Å². The van der Waals surface area contributed by atoms with Crippen LogP contribution in [0.2, 0.25) is 0 Å². The number of nitrogens with one attached hydrogen (secondary N) is 2. The van der Waals surface area contributed by atoms with E-state index in [1.807, 2.05) is 31.2 Å². The van der Waals surface area contributed by atoms with Gasteiger partial charge < -0.3 is 14.8 Å². The number of carbonyl (C=O) groups is 1. The highest BCUT2D eigenvalue weighted by atomic mass is 79.9. The number of thiocarbonyl (C=S) groups is 1. The Labute approximate surface area is 179 Å². The number of para-hydroxylation sites is 2. The minimum atomic E-state index is -0.305. The maximum atomic E-state index is 12.5. The topological polar surface area (TPSA) is 59.6 Å². The standard InChI is InChI=1S/C21H25BrN2O3S/c1-4-11-26-18-10-9-15(12-16(18)22)20(25)24-21(28)23-17-7-5-6-8-19(17)27-13-14(2)3/h5-10,12,14H,4,11,13H2,1-3H3,(H2,23,24,25,28). The zero-order valence-corrected chi connectivity index (χ0v) is 18.7. The van der Waals surface area contributed by atoms with Crippen molar-refractivity contribution in [2.24, 2.45) is 5.92 Å². The van der Waals surface area contributed by atoms with E-state index in [2.05, 4.69) is 40.4 Å². The molecule has 0 unspecified atom stereocenters. The number of ether oxygens (including phenoxy) is 2. The lowest BCUT2D eigenvalue weighted by molar-refractivity contribution is 0.0977. The number of amides is 1. The van der Waals surface area contributed by atoms with Crippen LogP contribution < -0.4 is 20.1 Å². The second-order valence-corrected chi connectivity index (χ2v) is 7.87. The van der Waals surface area contributed by atoms with Crippen LogP contribution in [0.3, 0.4) is 0 Å². The molecule has 2 N–H and O–H groups in total. The van der Waals surface area contributed by atoms with Crippen molar-refractivity contribution in [1.82, 2.24) is 5.32 Å². The van der Waals surface area contributed by atoms with Gasteiger partial charge in [0.2, 0.25) is 0 Å². The Morgan fingerprint density at radius 3 is 2.57 bits per heavy atom. The van der Waals surface area contributed by atoms with Crippen LogP contribution in [0.1, 0.15) is 37.6 Å². The smallest absolute Gasteiger partial charge is 0.257 e. The van der Waals surface area contributed by atoms with E-state index in [4.69, 9.17) is 21.7 Å². The Morgan fingerprint density at radius 2 is 1.89 bits per heavy atom. The molecule has 0 saturated carbocycles. The van der Waals surface area contributed by atoms with Gasteiger partial charge in [-0.15, -0.1) is 0 Å². The van der Waals surface area contributed by atoms with Gasteiger partial charge in [-0.05, 0) is 70.8 Å². The molecule has 150 valence electrons. The predicted molar refractivity (Wildman–Crippen MR) is 120 cm³/mol. The molecule has 0 heterocycles. The summed E-state index contributed by atoms with van der Waals surface area (Å²) in [6.45, 7) is 7.42. The molecule has 0 aromatic heterocycles. The van der Waals surface area contributed by atoms with E-state index < -0.39 is 0 Å². The first-order valence-corrected chi connectivity index (χ1v) is 10.4. The molecule has 7 heteroatoms. The van der Waals surface area contributed by atoms with Crippen LogP contribution in [-0.4, -0.2) is 24.2 Å². The summed E-state index contributed by atoms with van der Waals surface area (Å²) in [4.78, 5) is 12.5. The Balaban J connectivity index is 2.00. The van der Waals surface area contributed by atoms with Gasteiger partial charge in [0, 0.05) is 5.56 Å². The second-order valence-electron chi connectivity index (χ2n) is 6.60. The van der Waals surface area contributed by atoms with Gasteiger partial charge in [0.1, 0.15) is 11.5 Å². The van der Waals surface area contributed by atoms with E-state index in [9.17, 15) is 4.79 Å². The fourth-order valence-electron chi connectivity index (χ4n) is 2.25. The molecule has 5 nitrogen and oxygen atoms in total. The fourth-order valence-corrected chi connectivity index (χ4v) is 2.95. The molecule has 0 bridgehead atoms. The van der Waals surface area contributed by atoms with Crippen LogP contribution in [0.4, 0.5) is 5.69 Å². The summed E-state index contributed by atoms with van der Waals surface area (Å²) in [7, 11) is 0. The number of carbonyl (C=O) groups excluding carboxylic acids is 1. The van der Waals surface area contributed by atoms with Crippen LogP contribution >= 0.6 is 28.1 Å². The van der Waals surface area contributed by atoms with Crippen LogP contribution in [0.25, 0.3) is 0 Å². The maximum absolute atomic E-state index is 12.5. The lowest BCUT2D eigenvalue weighted by atomic mass is 10.2. The van der Waals surface area contributed by atoms with Gasteiger partial charge in [-0.25, -0.2) is 0 Å². The first-order valence-electron chi connectivity index (χ1n) is 9.17. The summed E-state index contributed by atoms with van der Waals surface area (Å²) in [6, 6.07) is 12.7. The molecule has 28 heavy (non-hydrogen) atoms. The lowest BCUT2D eigenvalue weighted by Gasteiger charge is -2.15. The zero-order chi connectivity index (χ0) is 20.5. The van der Waals surface area contributed by atoms with Gasteiger partial charge in [0.15, 0.2) is 5.11 Å². The highest BCUT2D eigenvalue weighted by molar-refractivity contribution is 9.10. The fraction of sp³-hybridized carbons (Fsp3) is 0.333. The normalized spacial score (nSPS) is 10.5. The summed E-state index contributed by atoms with van der Waals surface area (Å²) in [5.41, 5.74) is 1.18. The molecule has 0 aliphatic heterocycles. The van der Waals surface area contributed by atoms with Gasteiger partial charge in [-0.1, -0.05) is 32.9 Å². The second kappa shape index (κ2) is 11.0. The molecule has 1 amide bonds. The monoisotopic (exact) mass is 464 g/mol. The minimum absolute atomic E-state index is 0.202. The maximum Gasteiger partial charge on any atom is 0.257 e. The van der Waals surface area contributed by atoms with Crippen LogP contribution in [0.15, 0.2) is 46.9 Å². The van der Waals surface area contributed by atoms with Crippen molar-refractivity contribution in [2.75, 3.05) is 18.5 Å². The average Bonchev–Trinajstić information content (AvgIpc) is 2.66. The van der Waals surface area contributed by atoms with Gasteiger partial charge in [0.25, 0.3) is 5.91 Å². The highest BCUT2D eigenvalue weighted by Gasteiger charge is 2.12. The Bertz CT molecular complexity index is 827. The molecule has 2 aromatic carbocycles. The zero-order valence-electron chi connectivity index (χ0n) is 16.3. The molecule has 0 atom stereocenters. The van der Waals surface area contributed by atoms with Crippen LogP contribution in [-0.2, 0) is 0 Å². The van der Waals surface area contributed by atoms with E-state index >= 15 is 0 Å². The summed E-state index contributed by atoms with van der Waals surface area (Å²) < 4.78 is 12.1. The lowest BCUT2D eigenvalue weighted by Crippen LogP contribution is -2.34. The molecule has 2 aromatic rings. The van der Waals surface area contributed by atoms with E-state index in [1.165, 1.54) is 0 Å². The highest BCUT2D eigenvalue weighted by Crippen LogP contribution is 2.26. The molecular weight excluding hydrogens is 440 g/mol. The molecule has 0 aliphatic carbocycles. The summed E-state index contributed by atoms with van der Waals surface area (Å²) in [6.07, 6.45) is 0.914. The molecule has 0 aliphatic rings. The molecule has 0 fully saturated rings. The third-order valence-corrected chi connectivity index (χ3v) is 4.41. The predicted octanol–water partition coefficient (Wildman–Crippen LogP) is 5.40. The summed E-state index contributed by atoms with van der Waals surface area (Å²) in [5, 5.41) is 5.92. The average molecular weight is 465 g/mol. The van der Waals surface area contributed by atoms with Crippen LogP contribution in [0.5, 0.6) is 11.5 Å². The van der Waals surface area contributed by atoms with Crippen molar-refractivity contribution in [3.63, 3.8) is 0 Å². The number of anilines is 1. The molecule has 0 radical (unpaired) electrons.